The van der Waals surface area contributed by atoms with E-state index < -0.39 is 0 Å². The summed E-state index contributed by atoms with van der Waals surface area (Å²) in [5.41, 5.74) is 6.86. The quantitative estimate of drug-likeness (QED) is 0.741. The van der Waals surface area contributed by atoms with Crippen LogP contribution in [0.15, 0.2) is 18.2 Å². The van der Waals surface area contributed by atoms with E-state index in [1.807, 2.05) is 6.92 Å². The Morgan fingerprint density at radius 3 is 2.58 bits per heavy atom. The normalized spacial score (nSPS) is 16.1. The third kappa shape index (κ3) is 5.14. The van der Waals surface area contributed by atoms with Gasteiger partial charge in [-0.25, -0.2) is 0 Å². The Bertz CT molecular complexity index is 578. The number of nitrogens with two attached hydrogens (primary N) is 1. The number of benzene rings is 1. The molecule has 0 bridgehead atoms. The van der Waals surface area contributed by atoms with E-state index in [9.17, 15) is 9.59 Å². The maximum Gasteiger partial charge on any atom is 0.163 e. The molecule has 0 aliphatic carbocycles. The average Bonchev–Trinajstić information content (AvgIpc) is 2.56. The smallest absolute Gasteiger partial charge is 0.163 e. The summed E-state index contributed by atoms with van der Waals surface area (Å²) in [6.45, 7) is 6.87. The summed E-state index contributed by atoms with van der Waals surface area (Å²) in [6, 6.07) is 5.51. The second-order valence-corrected chi connectivity index (χ2v) is 6.46. The van der Waals surface area contributed by atoms with Gasteiger partial charge in [0.15, 0.2) is 11.6 Å². The fraction of sp³-hybridized carbons (Fsp3) is 0.579. The van der Waals surface area contributed by atoms with Gasteiger partial charge in [0.2, 0.25) is 0 Å². The average molecular weight is 332 g/mol. The van der Waals surface area contributed by atoms with Crippen molar-refractivity contribution in [2.24, 2.45) is 5.73 Å². The van der Waals surface area contributed by atoms with Crippen LogP contribution in [0.3, 0.4) is 0 Å². The highest BCUT2D eigenvalue weighted by Gasteiger charge is 2.17. The molecule has 0 radical (unpaired) electrons. The van der Waals surface area contributed by atoms with Gasteiger partial charge >= 0.3 is 0 Å². The first kappa shape index (κ1) is 18.6. The van der Waals surface area contributed by atoms with Crippen molar-refractivity contribution in [3.8, 4) is 5.75 Å². The van der Waals surface area contributed by atoms with E-state index in [-0.39, 0.29) is 11.6 Å². The Kier molecular flexibility index (Phi) is 6.94. The van der Waals surface area contributed by atoms with E-state index in [4.69, 9.17) is 10.5 Å². The molecule has 0 spiro atoms. The van der Waals surface area contributed by atoms with Crippen molar-refractivity contribution in [3.63, 3.8) is 0 Å². The van der Waals surface area contributed by atoms with E-state index in [0.29, 0.717) is 35.9 Å². The minimum Gasteiger partial charge on any atom is -0.492 e. The van der Waals surface area contributed by atoms with Gasteiger partial charge in [-0.05, 0) is 57.5 Å². The molecule has 1 aromatic carbocycles. The monoisotopic (exact) mass is 332 g/mol. The van der Waals surface area contributed by atoms with Crippen LogP contribution in [0, 0.1) is 0 Å². The highest BCUT2D eigenvalue weighted by molar-refractivity contribution is 6.08. The van der Waals surface area contributed by atoms with Crippen LogP contribution in [-0.2, 0) is 0 Å². The number of hydrogen-bond acceptors (Lipinski definition) is 5. The molecule has 5 heteroatoms. The van der Waals surface area contributed by atoms with Crippen molar-refractivity contribution < 1.29 is 14.3 Å². The Morgan fingerprint density at radius 1 is 1.25 bits per heavy atom. The molecule has 5 nitrogen and oxygen atoms in total. The zero-order valence-corrected chi connectivity index (χ0v) is 14.7. The summed E-state index contributed by atoms with van der Waals surface area (Å²) >= 11 is 0. The Balaban J connectivity index is 1.94. The third-order valence-corrected chi connectivity index (χ3v) is 4.46. The van der Waals surface area contributed by atoms with Crippen LogP contribution in [0.1, 0.15) is 60.2 Å². The zero-order chi connectivity index (χ0) is 17.5. The summed E-state index contributed by atoms with van der Waals surface area (Å²) in [4.78, 5) is 26.3. The summed E-state index contributed by atoms with van der Waals surface area (Å²) in [5.74, 6) is 0.547. The number of carbonyl (C=O) groups excluding carboxylic acids is 2. The molecule has 1 saturated heterocycles. The second-order valence-electron chi connectivity index (χ2n) is 6.46. The van der Waals surface area contributed by atoms with Crippen LogP contribution in [0.4, 0.5) is 0 Å². The fourth-order valence-corrected chi connectivity index (χ4v) is 2.98. The van der Waals surface area contributed by atoms with E-state index >= 15 is 0 Å². The van der Waals surface area contributed by atoms with Gasteiger partial charge in [-0.1, -0.05) is 6.92 Å². The van der Waals surface area contributed by atoms with Gasteiger partial charge in [0.05, 0.1) is 0 Å². The summed E-state index contributed by atoms with van der Waals surface area (Å²) in [6.07, 6.45) is 3.29. The molecule has 1 fully saturated rings. The van der Waals surface area contributed by atoms with Crippen molar-refractivity contribution in [3.05, 3.63) is 29.3 Å². The predicted molar refractivity (Wildman–Crippen MR) is 94.8 cm³/mol. The van der Waals surface area contributed by atoms with Gasteiger partial charge in [0.25, 0.3) is 0 Å². The van der Waals surface area contributed by atoms with E-state index in [1.165, 1.54) is 6.92 Å². The third-order valence-electron chi connectivity index (χ3n) is 4.46. The number of Topliss-reactive ketones (excluding diaryl/α,β-unsaturated/α-hetero) is 2. The lowest BCUT2D eigenvalue weighted by Crippen LogP contribution is -2.41. The molecular weight excluding hydrogens is 304 g/mol. The molecule has 24 heavy (non-hydrogen) atoms. The van der Waals surface area contributed by atoms with Crippen LogP contribution >= 0.6 is 0 Å². The van der Waals surface area contributed by atoms with E-state index in [0.717, 1.165) is 38.9 Å². The number of ether oxygens (including phenoxy) is 1. The molecule has 2 rings (SSSR count). The lowest BCUT2D eigenvalue weighted by atomic mass is 9.98. The molecule has 0 amide bonds. The molecule has 1 aliphatic rings. The molecule has 1 aromatic rings. The number of nitrogens with zero attached hydrogens (tertiary/aromatic N) is 1. The number of ketones is 2. The van der Waals surface area contributed by atoms with Crippen molar-refractivity contribution in [1.29, 1.82) is 0 Å². The van der Waals surface area contributed by atoms with Crippen LogP contribution in [0.25, 0.3) is 0 Å². The summed E-state index contributed by atoms with van der Waals surface area (Å²) in [5, 5.41) is 0. The topological polar surface area (TPSA) is 72.6 Å². The summed E-state index contributed by atoms with van der Waals surface area (Å²) < 4.78 is 5.78. The second kappa shape index (κ2) is 8.94. The van der Waals surface area contributed by atoms with Gasteiger partial charge in [-0.2, -0.15) is 0 Å². The van der Waals surface area contributed by atoms with Crippen LogP contribution in [0.2, 0.25) is 0 Å². The van der Waals surface area contributed by atoms with Crippen molar-refractivity contribution in [2.45, 2.75) is 45.6 Å². The lowest BCUT2D eigenvalue weighted by Gasteiger charge is -2.29. The standard InChI is InChI=1S/C19H28N2O3/c1-3-4-19(23)17-6-5-16(13-18(17)14(2)22)24-12-11-21-9-7-15(20)8-10-21/h5-6,13,15H,3-4,7-12,20H2,1-2H3. The van der Waals surface area contributed by atoms with E-state index in [2.05, 4.69) is 4.90 Å². The first-order valence-corrected chi connectivity index (χ1v) is 8.80. The zero-order valence-electron chi connectivity index (χ0n) is 14.7. The molecule has 0 aromatic heterocycles. The van der Waals surface area contributed by atoms with E-state index in [1.54, 1.807) is 18.2 Å². The number of likely N-dealkylation sites (tertiary alicyclic amines) is 1. The SMILES string of the molecule is CCCC(=O)c1ccc(OCCN2CCC(N)CC2)cc1C(C)=O. The minimum atomic E-state index is -0.107. The van der Waals surface area contributed by atoms with Gasteiger partial charge in [0.1, 0.15) is 12.4 Å². The molecule has 0 saturated carbocycles. The first-order valence-electron chi connectivity index (χ1n) is 8.80. The molecule has 132 valence electrons. The Morgan fingerprint density at radius 2 is 1.96 bits per heavy atom. The molecule has 1 heterocycles. The predicted octanol–water partition coefficient (Wildman–Crippen LogP) is 2.67. The lowest BCUT2D eigenvalue weighted by molar-refractivity contribution is 0.0960. The Labute approximate surface area is 144 Å². The Hall–Kier alpha value is -1.72. The number of piperidine rings is 1. The minimum absolute atomic E-state index is 0.0129. The highest BCUT2D eigenvalue weighted by Crippen LogP contribution is 2.21. The van der Waals surface area contributed by atoms with Gasteiger partial charge in [-0.3, -0.25) is 14.5 Å². The van der Waals surface area contributed by atoms with Gasteiger partial charge in [-0.15, -0.1) is 0 Å². The van der Waals surface area contributed by atoms with Crippen molar-refractivity contribution in [1.82, 2.24) is 4.90 Å². The molecule has 0 unspecified atom stereocenters. The summed E-state index contributed by atoms with van der Waals surface area (Å²) in [7, 11) is 0. The number of rotatable bonds is 8. The first-order chi connectivity index (χ1) is 11.5. The fourth-order valence-electron chi connectivity index (χ4n) is 2.98. The van der Waals surface area contributed by atoms with Gasteiger partial charge < -0.3 is 10.5 Å². The molecule has 2 N–H and O–H groups in total. The molecular formula is C19H28N2O3. The maximum absolute atomic E-state index is 12.1. The highest BCUT2D eigenvalue weighted by atomic mass is 16.5. The number of carbonyl (C=O) groups is 2. The number of hydrogen-bond donors (Lipinski definition) is 1. The van der Waals surface area contributed by atoms with Gasteiger partial charge in [0, 0.05) is 30.1 Å². The van der Waals surface area contributed by atoms with Crippen LogP contribution in [0.5, 0.6) is 5.75 Å². The van der Waals surface area contributed by atoms with Crippen molar-refractivity contribution in [2.75, 3.05) is 26.2 Å². The largest absolute Gasteiger partial charge is 0.492 e. The molecule has 0 atom stereocenters. The maximum atomic E-state index is 12.1. The van der Waals surface area contributed by atoms with Crippen LogP contribution < -0.4 is 10.5 Å². The van der Waals surface area contributed by atoms with Crippen molar-refractivity contribution >= 4 is 11.6 Å². The molecule has 1 aliphatic heterocycles. The van der Waals surface area contributed by atoms with Crippen LogP contribution in [-0.4, -0.2) is 48.7 Å².